The number of anilines is 1. The zero-order chi connectivity index (χ0) is 24.7. The molecular formula is C30H27ClN2O2. The quantitative estimate of drug-likeness (QED) is 0.379. The summed E-state index contributed by atoms with van der Waals surface area (Å²) in [6.07, 6.45) is 1.02. The van der Waals surface area contributed by atoms with Crippen LogP contribution in [-0.2, 0) is 4.79 Å². The van der Waals surface area contributed by atoms with Gasteiger partial charge < -0.3 is 5.11 Å². The van der Waals surface area contributed by atoms with Crippen LogP contribution in [0.1, 0.15) is 43.7 Å². The molecule has 0 aromatic heterocycles. The van der Waals surface area contributed by atoms with Gasteiger partial charge in [0.25, 0.3) is 0 Å². The molecule has 0 amide bonds. The molecule has 0 fully saturated rings. The summed E-state index contributed by atoms with van der Waals surface area (Å²) in [4.78, 5) is 15.7. The summed E-state index contributed by atoms with van der Waals surface area (Å²) < 4.78 is 0. The SMILES string of the molecule is CC1(C)CC(=O)C2=C(C1)N(c1ccccc1)C(=N)/C(=C(/O)c1ccccc1)[C@H]2c1ccccc1Cl. The van der Waals surface area contributed by atoms with E-state index in [0.29, 0.717) is 40.1 Å². The van der Waals surface area contributed by atoms with Crippen LogP contribution in [0.4, 0.5) is 5.69 Å². The maximum atomic E-state index is 13.8. The highest BCUT2D eigenvalue weighted by molar-refractivity contribution is 6.32. The van der Waals surface area contributed by atoms with Crippen molar-refractivity contribution in [1.82, 2.24) is 0 Å². The number of allylic oxidation sites excluding steroid dienone is 2. The number of Topliss-reactive ketones (excluding diaryl/α,β-unsaturated/α-hetero) is 1. The molecule has 35 heavy (non-hydrogen) atoms. The average Bonchev–Trinajstić information content (AvgIpc) is 2.84. The number of carbonyl (C=O) groups is 1. The monoisotopic (exact) mass is 482 g/mol. The van der Waals surface area contributed by atoms with Gasteiger partial charge in [0.1, 0.15) is 11.6 Å². The summed E-state index contributed by atoms with van der Waals surface area (Å²) in [5, 5.41) is 21.5. The van der Waals surface area contributed by atoms with Crippen molar-refractivity contribution >= 4 is 34.7 Å². The smallest absolute Gasteiger partial charge is 0.162 e. The Morgan fingerprint density at radius 1 is 0.943 bits per heavy atom. The van der Waals surface area contributed by atoms with E-state index >= 15 is 0 Å². The molecule has 4 nitrogen and oxygen atoms in total. The Morgan fingerprint density at radius 3 is 2.20 bits per heavy atom. The number of benzene rings is 3. The summed E-state index contributed by atoms with van der Waals surface area (Å²) in [5.74, 6) is -0.500. The Morgan fingerprint density at radius 2 is 1.54 bits per heavy atom. The lowest BCUT2D eigenvalue weighted by Crippen LogP contribution is -2.45. The summed E-state index contributed by atoms with van der Waals surface area (Å²) in [6.45, 7) is 4.16. The lowest BCUT2D eigenvalue weighted by Gasteiger charge is -2.45. The molecule has 2 N–H and O–H groups in total. The lowest BCUT2D eigenvalue weighted by molar-refractivity contribution is -0.118. The third-order valence-corrected chi connectivity index (χ3v) is 7.10. The van der Waals surface area contributed by atoms with E-state index in [1.165, 1.54) is 0 Å². The van der Waals surface area contributed by atoms with Crippen LogP contribution in [-0.4, -0.2) is 16.7 Å². The average molecular weight is 483 g/mol. The lowest BCUT2D eigenvalue weighted by atomic mass is 9.67. The van der Waals surface area contributed by atoms with Crippen LogP contribution in [0.3, 0.4) is 0 Å². The van der Waals surface area contributed by atoms with E-state index in [-0.39, 0.29) is 22.8 Å². The van der Waals surface area contributed by atoms with Gasteiger partial charge >= 0.3 is 0 Å². The van der Waals surface area contributed by atoms with Crippen LogP contribution in [0.25, 0.3) is 5.76 Å². The molecule has 1 aliphatic heterocycles. The number of aliphatic hydroxyl groups excluding tert-OH is 1. The number of hydrogen-bond acceptors (Lipinski definition) is 3. The Hall–Kier alpha value is -3.63. The number of hydrogen-bond donors (Lipinski definition) is 2. The second kappa shape index (κ2) is 8.86. The zero-order valence-corrected chi connectivity index (χ0v) is 20.5. The molecule has 5 heteroatoms. The van der Waals surface area contributed by atoms with Gasteiger partial charge in [-0.25, -0.2) is 0 Å². The van der Waals surface area contributed by atoms with E-state index in [1.807, 2.05) is 83.8 Å². The first-order valence-corrected chi connectivity index (χ1v) is 12.1. The summed E-state index contributed by atoms with van der Waals surface area (Å²) in [6, 6.07) is 26.2. The third-order valence-electron chi connectivity index (χ3n) is 6.76. The molecule has 3 aromatic rings. The van der Waals surface area contributed by atoms with Gasteiger partial charge in [0, 0.05) is 45.5 Å². The normalized spacial score (nSPS) is 21.1. The fourth-order valence-electron chi connectivity index (χ4n) is 5.25. The fraction of sp³-hybridized carbons (Fsp3) is 0.200. The van der Waals surface area contributed by atoms with Crippen LogP contribution >= 0.6 is 11.6 Å². The number of ketones is 1. The highest BCUT2D eigenvalue weighted by Gasteiger charge is 2.47. The van der Waals surface area contributed by atoms with Gasteiger partial charge in [-0.2, -0.15) is 0 Å². The maximum absolute atomic E-state index is 13.8. The van der Waals surface area contributed by atoms with E-state index in [9.17, 15) is 15.3 Å². The molecule has 0 radical (unpaired) electrons. The zero-order valence-electron chi connectivity index (χ0n) is 19.8. The molecule has 3 aromatic carbocycles. The van der Waals surface area contributed by atoms with E-state index in [0.717, 1.165) is 11.4 Å². The van der Waals surface area contributed by atoms with Gasteiger partial charge in [-0.05, 0) is 35.6 Å². The molecule has 1 aliphatic carbocycles. The van der Waals surface area contributed by atoms with Gasteiger partial charge in [-0.3, -0.25) is 15.1 Å². The van der Waals surface area contributed by atoms with Crippen molar-refractivity contribution < 1.29 is 9.90 Å². The number of halogens is 1. The van der Waals surface area contributed by atoms with Crippen molar-refractivity contribution in [3.63, 3.8) is 0 Å². The van der Waals surface area contributed by atoms with Gasteiger partial charge in [0.15, 0.2) is 5.78 Å². The summed E-state index contributed by atoms with van der Waals surface area (Å²) in [5.41, 5.74) is 3.62. The number of carbonyl (C=O) groups excluding carboxylic acids is 1. The van der Waals surface area contributed by atoms with Crippen LogP contribution < -0.4 is 4.90 Å². The number of rotatable bonds is 3. The number of aliphatic hydroxyl groups is 1. The van der Waals surface area contributed by atoms with Crippen LogP contribution in [0, 0.1) is 10.8 Å². The van der Waals surface area contributed by atoms with E-state index in [1.54, 1.807) is 6.07 Å². The first-order valence-electron chi connectivity index (χ1n) is 11.7. The first kappa shape index (κ1) is 23.1. The molecule has 0 saturated carbocycles. The molecule has 1 atom stereocenters. The Bertz CT molecular complexity index is 1370. The molecule has 5 rings (SSSR count). The van der Waals surface area contributed by atoms with Gasteiger partial charge in [0.2, 0.25) is 0 Å². The van der Waals surface area contributed by atoms with E-state index < -0.39 is 5.92 Å². The highest BCUT2D eigenvalue weighted by Crippen LogP contribution is 2.52. The second-order valence-corrected chi connectivity index (χ2v) is 10.3. The molecule has 0 spiro atoms. The van der Waals surface area contributed by atoms with Crippen LogP contribution in [0.2, 0.25) is 5.02 Å². The van der Waals surface area contributed by atoms with Gasteiger partial charge in [-0.15, -0.1) is 0 Å². The summed E-state index contributed by atoms with van der Waals surface area (Å²) in [7, 11) is 0. The van der Waals surface area contributed by atoms with Crippen LogP contribution in [0.5, 0.6) is 0 Å². The molecule has 1 heterocycles. The largest absolute Gasteiger partial charge is 0.507 e. The molecule has 0 saturated heterocycles. The number of nitrogens with one attached hydrogen (secondary N) is 1. The summed E-state index contributed by atoms with van der Waals surface area (Å²) >= 11 is 6.69. The minimum absolute atomic E-state index is 0.0213. The molecule has 0 bridgehead atoms. The third kappa shape index (κ3) is 4.08. The van der Waals surface area contributed by atoms with Crippen molar-refractivity contribution in [3.8, 4) is 0 Å². The minimum Gasteiger partial charge on any atom is -0.507 e. The predicted octanol–water partition coefficient (Wildman–Crippen LogP) is 7.53. The van der Waals surface area contributed by atoms with Gasteiger partial charge in [0.05, 0.1) is 0 Å². The first-order chi connectivity index (χ1) is 16.8. The molecule has 0 unspecified atom stereocenters. The standard InChI is InChI=1S/C30H27ClN2O2/c1-30(2)17-23-26(24(34)18-30)25(21-15-9-10-16-22(21)31)27(28(35)19-11-5-3-6-12-19)29(32)33(23)20-13-7-4-8-14-20/h3-16,25,32,35H,17-18H2,1-2H3/b28-27+,32-29?/t25-/m0/s1. The topological polar surface area (TPSA) is 64.4 Å². The van der Waals surface area contributed by atoms with Crippen molar-refractivity contribution in [1.29, 1.82) is 5.41 Å². The number of amidine groups is 1. The highest BCUT2D eigenvalue weighted by atomic mass is 35.5. The Kier molecular flexibility index (Phi) is 5.86. The van der Waals surface area contributed by atoms with Crippen LogP contribution in [0.15, 0.2) is 102 Å². The molecule has 2 aliphatic rings. The number of para-hydroxylation sites is 1. The minimum atomic E-state index is -0.644. The van der Waals surface area contributed by atoms with Gasteiger partial charge in [-0.1, -0.05) is 92.2 Å². The Labute approximate surface area is 210 Å². The molecular weight excluding hydrogens is 456 g/mol. The number of nitrogens with zero attached hydrogens (tertiary/aromatic N) is 1. The van der Waals surface area contributed by atoms with E-state index in [4.69, 9.17) is 11.6 Å². The molecule has 176 valence electrons. The van der Waals surface area contributed by atoms with Crippen molar-refractivity contribution in [2.75, 3.05) is 4.90 Å². The maximum Gasteiger partial charge on any atom is 0.162 e. The van der Waals surface area contributed by atoms with E-state index in [2.05, 4.69) is 13.8 Å². The second-order valence-electron chi connectivity index (χ2n) is 9.90. The van der Waals surface area contributed by atoms with Crippen molar-refractivity contribution in [2.24, 2.45) is 5.41 Å². The Balaban J connectivity index is 1.87. The van der Waals surface area contributed by atoms with Crippen molar-refractivity contribution in [3.05, 3.63) is 118 Å². The van der Waals surface area contributed by atoms with Crippen molar-refractivity contribution in [2.45, 2.75) is 32.6 Å². The predicted molar refractivity (Wildman–Crippen MR) is 142 cm³/mol. The fourth-order valence-corrected chi connectivity index (χ4v) is 5.49.